The predicted octanol–water partition coefficient (Wildman–Crippen LogP) is 1.88. The normalized spacial score (nSPS) is 23.2. The van der Waals surface area contributed by atoms with Gasteiger partial charge in [0.05, 0.1) is 6.21 Å². The van der Waals surface area contributed by atoms with Gasteiger partial charge in [0.1, 0.15) is 11.4 Å². The molecule has 6 heteroatoms. The van der Waals surface area contributed by atoms with Crippen LogP contribution in [0.25, 0.3) is 0 Å². The number of hydrogen-bond donors (Lipinski definition) is 1. The van der Waals surface area contributed by atoms with Gasteiger partial charge in [0.15, 0.2) is 0 Å². The summed E-state index contributed by atoms with van der Waals surface area (Å²) in [6.07, 6.45) is 1.62. The van der Waals surface area contributed by atoms with Crippen LogP contribution < -0.4 is 5.32 Å². The second-order valence-electron chi connectivity index (χ2n) is 4.50. The molecule has 0 unspecified atom stereocenters. The van der Waals surface area contributed by atoms with Crippen molar-refractivity contribution in [3.63, 3.8) is 0 Å². The number of nitrogens with zero attached hydrogens (tertiary/aromatic N) is 2. The number of urea groups is 1. The van der Waals surface area contributed by atoms with Gasteiger partial charge in [-0.1, -0.05) is 25.1 Å². The van der Waals surface area contributed by atoms with E-state index in [0.29, 0.717) is 6.42 Å². The number of hydrazone groups is 1. The minimum Gasteiger partial charge on any atom is -0.322 e. The summed E-state index contributed by atoms with van der Waals surface area (Å²) in [5.74, 6) is -0.899. The molecule has 1 aliphatic heterocycles. The molecule has 0 saturated carbocycles. The molecule has 1 saturated heterocycles. The first-order chi connectivity index (χ1) is 8.98. The van der Waals surface area contributed by atoms with E-state index in [9.17, 15) is 14.0 Å². The fraction of sp³-hybridized carbons (Fsp3) is 0.308. The fourth-order valence-electron chi connectivity index (χ4n) is 1.71. The Morgan fingerprint density at radius 1 is 1.42 bits per heavy atom. The SMILES string of the molecule is CC[C@]1(C)NC(=O)N(/N=C\c2ccccc2F)C1=O. The highest BCUT2D eigenvalue weighted by Gasteiger charge is 2.46. The van der Waals surface area contributed by atoms with Gasteiger partial charge in [-0.3, -0.25) is 4.79 Å². The van der Waals surface area contributed by atoms with Gasteiger partial charge in [-0.2, -0.15) is 5.10 Å². The number of rotatable bonds is 3. The average Bonchev–Trinajstić information content (AvgIpc) is 2.61. The lowest BCUT2D eigenvalue weighted by atomic mass is 10.00. The number of carbonyl (C=O) groups excluding carboxylic acids is 2. The molecule has 1 atom stereocenters. The summed E-state index contributed by atoms with van der Waals surface area (Å²) in [6, 6.07) is 5.39. The highest BCUT2D eigenvalue weighted by Crippen LogP contribution is 2.20. The van der Waals surface area contributed by atoms with E-state index in [1.165, 1.54) is 12.1 Å². The van der Waals surface area contributed by atoms with Gasteiger partial charge in [0.25, 0.3) is 5.91 Å². The molecule has 3 amide bonds. The van der Waals surface area contributed by atoms with Crippen LogP contribution in [0.3, 0.4) is 0 Å². The molecule has 19 heavy (non-hydrogen) atoms. The van der Waals surface area contributed by atoms with E-state index < -0.39 is 23.3 Å². The lowest BCUT2D eigenvalue weighted by molar-refractivity contribution is -0.130. The highest BCUT2D eigenvalue weighted by atomic mass is 19.1. The minimum atomic E-state index is -0.941. The molecule has 2 rings (SSSR count). The van der Waals surface area contributed by atoms with Crippen molar-refractivity contribution in [1.82, 2.24) is 10.3 Å². The van der Waals surface area contributed by atoms with Crippen molar-refractivity contribution in [3.05, 3.63) is 35.6 Å². The largest absolute Gasteiger partial charge is 0.346 e. The van der Waals surface area contributed by atoms with Crippen LogP contribution in [0, 0.1) is 5.82 Å². The summed E-state index contributed by atoms with van der Waals surface area (Å²) in [6.45, 7) is 3.42. The standard InChI is InChI=1S/C13H14FN3O2/c1-3-13(2)11(18)17(12(19)16-13)15-8-9-6-4-5-7-10(9)14/h4-8H,3H2,1-2H3,(H,16,19)/b15-8-/t13-/m0/s1. The average molecular weight is 263 g/mol. The molecule has 1 fully saturated rings. The van der Waals surface area contributed by atoms with Gasteiger partial charge in [0, 0.05) is 5.56 Å². The van der Waals surface area contributed by atoms with Gasteiger partial charge in [-0.25, -0.2) is 9.18 Å². The Labute approximate surface area is 110 Å². The number of imide groups is 1. The quantitative estimate of drug-likeness (QED) is 0.668. The Bertz CT molecular complexity index is 559. The second-order valence-corrected chi connectivity index (χ2v) is 4.50. The van der Waals surface area contributed by atoms with E-state index in [2.05, 4.69) is 10.4 Å². The Morgan fingerprint density at radius 3 is 2.68 bits per heavy atom. The topological polar surface area (TPSA) is 61.8 Å². The second kappa shape index (κ2) is 4.79. The molecule has 1 aliphatic rings. The van der Waals surface area contributed by atoms with Gasteiger partial charge in [-0.15, -0.1) is 5.01 Å². The third-order valence-corrected chi connectivity index (χ3v) is 3.16. The van der Waals surface area contributed by atoms with Crippen molar-refractivity contribution in [3.8, 4) is 0 Å². The maximum atomic E-state index is 13.4. The molecule has 1 aromatic rings. The number of hydrogen-bond acceptors (Lipinski definition) is 3. The lowest BCUT2D eigenvalue weighted by Crippen LogP contribution is -2.42. The first-order valence-corrected chi connectivity index (χ1v) is 5.93. The van der Waals surface area contributed by atoms with Crippen molar-refractivity contribution >= 4 is 18.2 Å². The van der Waals surface area contributed by atoms with Crippen molar-refractivity contribution in [2.75, 3.05) is 0 Å². The van der Waals surface area contributed by atoms with Gasteiger partial charge in [0.2, 0.25) is 0 Å². The molecule has 0 aromatic heterocycles. The Balaban J connectivity index is 2.23. The highest BCUT2D eigenvalue weighted by molar-refractivity contribution is 6.07. The maximum absolute atomic E-state index is 13.4. The molecule has 0 aliphatic carbocycles. The number of carbonyl (C=O) groups is 2. The number of nitrogens with one attached hydrogen (secondary N) is 1. The van der Waals surface area contributed by atoms with Crippen LogP contribution in [0.5, 0.6) is 0 Å². The van der Waals surface area contributed by atoms with Crippen LogP contribution in [0.1, 0.15) is 25.8 Å². The summed E-state index contributed by atoms with van der Waals surface area (Å²) in [7, 11) is 0. The summed E-state index contributed by atoms with van der Waals surface area (Å²) in [5.41, 5.74) is -0.725. The molecular weight excluding hydrogens is 249 g/mol. The summed E-state index contributed by atoms with van der Waals surface area (Å²) in [5, 5.41) is 7.06. The minimum absolute atomic E-state index is 0.216. The Kier molecular flexibility index (Phi) is 3.33. The van der Waals surface area contributed by atoms with E-state index in [1.54, 1.807) is 26.0 Å². The van der Waals surface area contributed by atoms with Crippen LogP contribution in [-0.4, -0.2) is 28.7 Å². The van der Waals surface area contributed by atoms with Crippen molar-refractivity contribution in [2.45, 2.75) is 25.8 Å². The summed E-state index contributed by atoms with van der Waals surface area (Å²) in [4.78, 5) is 23.7. The summed E-state index contributed by atoms with van der Waals surface area (Å²) < 4.78 is 13.4. The molecule has 1 aromatic carbocycles. The van der Waals surface area contributed by atoms with Crippen LogP contribution in [-0.2, 0) is 4.79 Å². The third-order valence-electron chi connectivity index (χ3n) is 3.16. The molecule has 5 nitrogen and oxygen atoms in total. The summed E-state index contributed by atoms with van der Waals surface area (Å²) >= 11 is 0. The van der Waals surface area contributed by atoms with Crippen molar-refractivity contribution in [1.29, 1.82) is 0 Å². The van der Waals surface area contributed by atoms with Crippen molar-refractivity contribution < 1.29 is 14.0 Å². The number of benzene rings is 1. The molecule has 0 bridgehead atoms. The van der Waals surface area contributed by atoms with Crippen molar-refractivity contribution in [2.24, 2.45) is 5.10 Å². The molecule has 0 spiro atoms. The zero-order valence-electron chi connectivity index (χ0n) is 10.7. The zero-order chi connectivity index (χ0) is 14.0. The van der Waals surface area contributed by atoms with Gasteiger partial charge >= 0.3 is 6.03 Å². The third kappa shape index (κ3) is 2.33. The van der Waals surface area contributed by atoms with Gasteiger partial charge < -0.3 is 5.32 Å². The van der Waals surface area contributed by atoms with E-state index in [-0.39, 0.29) is 5.56 Å². The monoisotopic (exact) mass is 263 g/mol. The number of halogens is 1. The lowest BCUT2D eigenvalue weighted by Gasteiger charge is -2.17. The van der Waals surface area contributed by atoms with Crippen LogP contribution >= 0.6 is 0 Å². The van der Waals surface area contributed by atoms with E-state index in [4.69, 9.17) is 0 Å². The van der Waals surface area contributed by atoms with Crippen LogP contribution in [0.15, 0.2) is 29.4 Å². The molecule has 1 heterocycles. The molecule has 1 N–H and O–H groups in total. The van der Waals surface area contributed by atoms with Crippen LogP contribution in [0.4, 0.5) is 9.18 Å². The Hall–Kier alpha value is -2.24. The van der Waals surface area contributed by atoms with E-state index in [0.717, 1.165) is 11.2 Å². The maximum Gasteiger partial charge on any atom is 0.346 e. The zero-order valence-corrected chi connectivity index (χ0v) is 10.7. The fourth-order valence-corrected chi connectivity index (χ4v) is 1.71. The van der Waals surface area contributed by atoms with Gasteiger partial charge in [-0.05, 0) is 19.4 Å². The molecule has 0 radical (unpaired) electrons. The number of amides is 3. The van der Waals surface area contributed by atoms with E-state index >= 15 is 0 Å². The smallest absolute Gasteiger partial charge is 0.322 e. The van der Waals surface area contributed by atoms with E-state index in [1.807, 2.05) is 0 Å². The first kappa shape index (κ1) is 13.2. The Morgan fingerprint density at radius 2 is 2.11 bits per heavy atom. The van der Waals surface area contributed by atoms with Crippen LogP contribution in [0.2, 0.25) is 0 Å². The molecular formula is C13H14FN3O2. The predicted molar refractivity (Wildman–Crippen MR) is 68.1 cm³/mol. The first-order valence-electron chi connectivity index (χ1n) is 5.93. The molecule has 100 valence electrons.